The minimum atomic E-state index is 0. The molecule has 0 saturated heterocycles. The van der Waals surface area contributed by atoms with E-state index >= 15 is 0 Å². The summed E-state index contributed by atoms with van der Waals surface area (Å²) in [5.74, 6) is 0. The molecule has 0 fully saturated rings. The third kappa shape index (κ3) is 62.8. The Balaban J connectivity index is -0.0000000279. The van der Waals surface area contributed by atoms with Crippen LogP contribution in [-0.4, -0.2) is 92.7 Å². The molecule has 0 aliphatic carbocycles. The Bertz CT molecular complexity index is 1610. The van der Waals surface area contributed by atoms with Gasteiger partial charge in [-0.25, -0.2) is 0 Å². The van der Waals surface area contributed by atoms with Gasteiger partial charge in [-0.15, -0.1) is 0 Å². The van der Waals surface area contributed by atoms with E-state index in [-0.39, 0.29) is 177 Å². The fourth-order valence-electron chi connectivity index (χ4n) is 4.11. The molecule has 2 N–H and O–H groups in total. The molecule has 8 rings (SSSR count). The molecule has 0 saturated carbocycles. The number of aliphatic hydroxyl groups is 2. The Morgan fingerprint density at radius 1 is 0.205 bits per heavy atom. The summed E-state index contributed by atoms with van der Waals surface area (Å²) in [5.41, 5.74) is 7.32. The van der Waals surface area contributed by atoms with Crippen molar-refractivity contribution >= 4 is 0 Å². The fraction of sp³-hybridized carbons (Fsp3) is 0.130. The Labute approximate surface area is 526 Å². The van der Waals surface area contributed by atoms with Gasteiger partial charge in [0.05, 0.1) is 45.6 Å². The molecule has 0 spiro atoms. The van der Waals surface area contributed by atoms with Crippen LogP contribution in [0, 0.1) is 0 Å². The molecule has 26 nitrogen and oxygen atoms in total. The first kappa shape index (κ1) is 135. The van der Waals surface area contributed by atoms with Crippen LogP contribution in [0.2, 0.25) is 0 Å². The number of rotatable bonds is 4. The van der Waals surface area contributed by atoms with Gasteiger partial charge < -0.3 is 96.4 Å². The monoisotopic (exact) mass is 1310 g/mol. The smallest absolute Gasteiger partial charge is 2.00 e. The van der Waals surface area contributed by atoms with Crippen LogP contribution in [0.15, 0.2) is 195 Å². The molecule has 0 amide bonds. The van der Waals surface area contributed by atoms with Crippen LogP contribution in [0.3, 0.4) is 0 Å². The van der Waals surface area contributed by atoms with Crippen molar-refractivity contribution in [3.63, 3.8) is 0 Å². The maximum Gasteiger partial charge on any atom is 4.00 e. The topological polar surface area (TPSA) is 578 Å². The molecule has 0 bridgehead atoms. The first-order chi connectivity index (χ1) is 29.9. The predicted molar refractivity (Wildman–Crippen MR) is 238 cm³/mol. The Morgan fingerprint density at radius 3 is 0.333 bits per heavy atom. The summed E-state index contributed by atoms with van der Waals surface area (Å²) in [6.07, 6.45) is 14.1. The van der Waals surface area contributed by atoms with Crippen LogP contribution >= 0.6 is 0 Å². The van der Waals surface area contributed by atoms with Crippen LogP contribution in [0.25, 0.3) is 45.6 Å². The second kappa shape index (κ2) is 105. The molecule has 8 aromatic heterocycles. The molecule has 0 aliphatic heterocycles. The van der Waals surface area contributed by atoms with Crippen LogP contribution in [0.5, 0.6) is 0 Å². The molecule has 0 aliphatic rings. The van der Waals surface area contributed by atoms with E-state index in [1.54, 1.807) is 49.6 Å². The van der Waals surface area contributed by atoms with Crippen molar-refractivity contribution < 1.29 is 208 Å². The van der Waals surface area contributed by atoms with Crippen LogP contribution in [0.1, 0.15) is 0 Å². The van der Waals surface area contributed by atoms with E-state index in [1.165, 1.54) is 0 Å². The first-order valence-corrected chi connectivity index (χ1v) is 17.7. The van der Waals surface area contributed by atoms with Gasteiger partial charge in [0.15, 0.2) is 0 Å². The van der Waals surface area contributed by atoms with Crippen LogP contribution in [-0.2, 0) is 177 Å². The number of aliphatic hydroxyl groups excluding tert-OH is 2. The van der Waals surface area contributed by atoms with Crippen molar-refractivity contribution in [1.82, 2.24) is 39.9 Å². The maximum atomic E-state index is 8.25. The van der Waals surface area contributed by atoms with E-state index in [0.717, 1.165) is 88.2 Å². The van der Waals surface area contributed by atoms with E-state index in [9.17, 15) is 0 Å². The quantitative estimate of drug-likeness (QED) is 0.255. The van der Waals surface area contributed by atoms with Gasteiger partial charge in [-0.2, -0.15) is 28.4 Å². The zero-order chi connectivity index (χ0) is 44.9. The van der Waals surface area contributed by atoms with Gasteiger partial charge in [-0.3, -0.25) is 39.9 Å². The second-order valence-electron chi connectivity index (χ2n) is 9.72. The number of hydrogen-bond donors (Lipinski definition) is 2. The Kier molecular flexibility index (Phi) is 182. The second-order valence-corrected chi connectivity index (χ2v) is 9.72. The summed E-state index contributed by atoms with van der Waals surface area (Å²) in [6.45, 7) is 0. The normalized spacial score (nSPS) is 6.41. The summed E-state index contributed by atoms with van der Waals surface area (Å²) in [6, 6.07) is 46.4. The Hall–Kier alpha value is -4.01. The molecule has 0 unspecified atom stereocenters. The summed E-state index contributed by atoms with van der Waals surface area (Å²) in [7, 11) is 5.00. The Morgan fingerprint density at radius 2 is 0.282 bits per heavy atom. The molecule has 0 atom stereocenters. The molecular formula is C46H52N8O18V6-20. The average Bonchev–Trinajstić information content (AvgIpc) is 3.40. The fourth-order valence-corrected chi connectivity index (χ4v) is 4.11. The molecule has 8 aromatic rings. The standard InChI is InChI=1S/4C10H8N2.2CH4O.4CH3O.12O.6V/c4*1-3-7-11-9(5-1)10-6-2-4-8-12-10;6*1-2;;;;;;;;;;;;;;;;;;/h4*1-8H;2*2H,1H3;4*1H3;;;;;;;;;;;;;;;;;;/q;;;;;;4*-1;12*-2;;;;;2*+4. The zero-order valence-electron chi connectivity index (χ0n) is 42.2. The van der Waals surface area contributed by atoms with Crippen LogP contribution in [0.4, 0.5) is 0 Å². The van der Waals surface area contributed by atoms with Gasteiger partial charge in [0.2, 0.25) is 0 Å². The summed E-state index contributed by atoms with van der Waals surface area (Å²) >= 11 is 0. The third-order valence-corrected chi connectivity index (χ3v) is 6.37. The van der Waals surface area contributed by atoms with Gasteiger partial charge in [0, 0.05) is 138 Å². The van der Waals surface area contributed by atoms with Crippen molar-refractivity contribution in [2.75, 3.05) is 42.7 Å². The van der Waals surface area contributed by atoms with Crippen molar-refractivity contribution in [2.24, 2.45) is 0 Å². The van der Waals surface area contributed by atoms with E-state index in [1.807, 2.05) is 146 Å². The SMILES string of the molecule is CO.CO.C[O-].C[O-].C[O-].C[O-].[O-2].[O-2].[O-2].[O-2].[O-2].[O-2].[O-2].[O-2].[O-2].[O-2].[O-2].[O-2].[V+4].[V+4].[V].[V].[V].[V].c1ccc(-c2ccccn2)nc1.c1ccc(-c2ccccn2)nc1.c1ccc(-c2ccccn2)nc1.c1ccc(-c2ccccn2)nc1. The minimum Gasteiger partial charge on any atom is -2.00 e. The van der Waals surface area contributed by atoms with Crippen molar-refractivity contribution in [3.8, 4) is 45.6 Å². The van der Waals surface area contributed by atoms with Gasteiger partial charge in [-0.1, -0.05) is 48.5 Å². The largest absolute Gasteiger partial charge is 4.00 e. The number of nitrogens with zero attached hydrogens (tertiary/aromatic N) is 8. The number of hydrogen-bond acceptors (Lipinski definition) is 14. The molecule has 32 heteroatoms. The maximum absolute atomic E-state index is 8.25. The van der Waals surface area contributed by atoms with Gasteiger partial charge >= 0.3 is 37.1 Å². The number of pyridine rings is 8. The minimum absolute atomic E-state index is 0. The predicted octanol–water partition coefficient (Wildman–Crippen LogP) is 2.26. The van der Waals surface area contributed by atoms with E-state index in [0.29, 0.717) is 0 Å². The van der Waals surface area contributed by atoms with Gasteiger partial charge in [0.25, 0.3) is 0 Å². The first-order valence-electron chi connectivity index (χ1n) is 17.7. The number of aromatic nitrogens is 8. The molecule has 0 aromatic carbocycles. The molecule has 8 heterocycles. The van der Waals surface area contributed by atoms with E-state index in [4.69, 9.17) is 30.6 Å². The third-order valence-electron chi connectivity index (χ3n) is 6.37. The summed E-state index contributed by atoms with van der Waals surface area (Å²) in [5, 5.41) is 47.0. The molecule has 434 valence electrons. The zero-order valence-corrected chi connectivity index (χ0v) is 50.5. The van der Waals surface area contributed by atoms with E-state index in [2.05, 4.69) is 39.9 Å². The molecular weight excluding hydrogens is 1260 g/mol. The molecule has 6 radical (unpaired) electrons. The van der Waals surface area contributed by atoms with Gasteiger partial charge in [0.1, 0.15) is 0 Å². The summed E-state index contributed by atoms with van der Waals surface area (Å²) < 4.78 is 0. The van der Waals surface area contributed by atoms with Crippen molar-refractivity contribution in [3.05, 3.63) is 195 Å². The van der Waals surface area contributed by atoms with Crippen LogP contribution < -0.4 is 20.4 Å². The average molecular weight is 1310 g/mol. The van der Waals surface area contributed by atoms with Crippen molar-refractivity contribution in [1.29, 1.82) is 0 Å². The summed E-state index contributed by atoms with van der Waals surface area (Å²) in [4.78, 5) is 33.5. The van der Waals surface area contributed by atoms with E-state index < -0.39 is 0 Å². The van der Waals surface area contributed by atoms with Crippen molar-refractivity contribution in [2.45, 2.75) is 0 Å². The molecule has 78 heavy (non-hydrogen) atoms. The van der Waals surface area contributed by atoms with Gasteiger partial charge in [-0.05, 0) is 97.1 Å².